The molecule has 0 unspecified atom stereocenters. The summed E-state index contributed by atoms with van der Waals surface area (Å²) in [6.07, 6.45) is 0. The van der Waals surface area contributed by atoms with Crippen molar-refractivity contribution in [3.05, 3.63) is 22.4 Å². The van der Waals surface area contributed by atoms with Crippen molar-refractivity contribution in [3.63, 3.8) is 0 Å². The van der Waals surface area contributed by atoms with E-state index >= 15 is 0 Å². The lowest BCUT2D eigenvalue weighted by atomic mass is 10.3. The van der Waals surface area contributed by atoms with Gasteiger partial charge in [-0.25, -0.2) is 9.78 Å². The van der Waals surface area contributed by atoms with E-state index in [0.29, 0.717) is 10.4 Å². The van der Waals surface area contributed by atoms with Crippen molar-refractivity contribution < 1.29 is 14.3 Å². The van der Waals surface area contributed by atoms with E-state index in [1.165, 1.54) is 20.3 Å². The van der Waals surface area contributed by atoms with Crippen LogP contribution in [0.3, 0.4) is 0 Å². The van der Waals surface area contributed by atoms with Crippen molar-refractivity contribution in [2.24, 2.45) is 0 Å². The maximum atomic E-state index is 11.0. The third-order valence-corrected chi connectivity index (χ3v) is 2.00. The largest absolute Gasteiger partial charge is 0.494 e. The number of pyridine rings is 1. The number of aromatic nitrogens is 1. The first kappa shape index (κ1) is 9.98. The Morgan fingerprint density at radius 3 is 2.62 bits per heavy atom. The van der Waals surface area contributed by atoms with Crippen molar-refractivity contribution >= 4 is 21.9 Å². The lowest BCUT2D eigenvalue weighted by molar-refractivity contribution is 0.0593. The molecular formula is C8H8BrNO3. The van der Waals surface area contributed by atoms with Gasteiger partial charge in [0.2, 0.25) is 0 Å². The molecule has 0 bridgehead atoms. The minimum absolute atomic E-state index is 0.246. The number of carbonyl (C=O) groups excluding carboxylic acids is 1. The van der Waals surface area contributed by atoms with E-state index in [9.17, 15) is 4.79 Å². The second-order valence-electron chi connectivity index (χ2n) is 2.18. The SMILES string of the molecule is COC(=O)c1ccc(OC)c(Br)n1. The molecule has 0 aliphatic heterocycles. The zero-order chi connectivity index (χ0) is 9.84. The maximum Gasteiger partial charge on any atom is 0.356 e. The van der Waals surface area contributed by atoms with Gasteiger partial charge in [0.05, 0.1) is 14.2 Å². The predicted molar refractivity (Wildman–Crippen MR) is 49.8 cm³/mol. The number of rotatable bonds is 2. The molecule has 0 fully saturated rings. The van der Waals surface area contributed by atoms with Crippen LogP contribution in [0.25, 0.3) is 0 Å². The first-order valence-corrected chi connectivity index (χ1v) is 4.27. The Hall–Kier alpha value is -1.10. The Morgan fingerprint density at radius 1 is 1.46 bits per heavy atom. The summed E-state index contributed by atoms with van der Waals surface area (Å²) in [4.78, 5) is 15.0. The van der Waals surface area contributed by atoms with E-state index in [2.05, 4.69) is 25.7 Å². The fourth-order valence-electron chi connectivity index (χ4n) is 0.792. The number of halogens is 1. The maximum absolute atomic E-state index is 11.0. The van der Waals surface area contributed by atoms with Crippen LogP contribution in [-0.4, -0.2) is 25.2 Å². The van der Waals surface area contributed by atoms with E-state index < -0.39 is 5.97 Å². The molecule has 0 spiro atoms. The van der Waals surface area contributed by atoms with Gasteiger partial charge in [-0.2, -0.15) is 0 Å². The van der Waals surface area contributed by atoms with Crippen LogP contribution >= 0.6 is 15.9 Å². The number of hydrogen-bond donors (Lipinski definition) is 0. The summed E-state index contributed by atoms with van der Waals surface area (Å²) >= 11 is 3.16. The predicted octanol–water partition coefficient (Wildman–Crippen LogP) is 1.64. The lowest BCUT2D eigenvalue weighted by Gasteiger charge is -2.03. The molecule has 1 heterocycles. The van der Waals surface area contributed by atoms with E-state index in [1.54, 1.807) is 6.07 Å². The smallest absolute Gasteiger partial charge is 0.356 e. The molecule has 0 saturated carbocycles. The van der Waals surface area contributed by atoms with Gasteiger partial charge < -0.3 is 9.47 Å². The summed E-state index contributed by atoms with van der Waals surface area (Å²) in [6.45, 7) is 0. The van der Waals surface area contributed by atoms with Crippen LogP contribution in [0, 0.1) is 0 Å². The number of esters is 1. The second kappa shape index (κ2) is 4.23. The van der Waals surface area contributed by atoms with E-state index in [1.807, 2.05) is 0 Å². The molecule has 1 aromatic rings. The highest BCUT2D eigenvalue weighted by Crippen LogP contribution is 2.22. The molecule has 1 aromatic heterocycles. The molecule has 0 aliphatic carbocycles. The minimum Gasteiger partial charge on any atom is -0.494 e. The van der Waals surface area contributed by atoms with E-state index in [4.69, 9.17) is 4.74 Å². The van der Waals surface area contributed by atoms with Crippen molar-refractivity contribution in [2.45, 2.75) is 0 Å². The van der Waals surface area contributed by atoms with Gasteiger partial charge in [-0.15, -0.1) is 0 Å². The number of hydrogen-bond acceptors (Lipinski definition) is 4. The third-order valence-electron chi connectivity index (χ3n) is 1.43. The Kier molecular flexibility index (Phi) is 3.25. The van der Waals surface area contributed by atoms with Crippen LogP contribution in [0.1, 0.15) is 10.5 Å². The summed E-state index contributed by atoms with van der Waals surface area (Å²) in [5, 5.41) is 0. The summed E-state index contributed by atoms with van der Waals surface area (Å²) in [7, 11) is 2.84. The van der Waals surface area contributed by atoms with Gasteiger partial charge in [-0.1, -0.05) is 0 Å². The molecule has 0 saturated heterocycles. The quantitative estimate of drug-likeness (QED) is 0.587. The van der Waals surface area contributed by atoms with Crippen LogP contribution in [0.2, 0.25) is 0 Å². The molecule has 0 radical (unpaired) electrons. The molecular weight excluding hydrogens is 238 g/mol. The minimum atomic E-state index is -0.469. The van der Waals surface area contributed by atoms with Gasteiger partial charge in [0.15, 0.2) is 5.75 Å². The Morgan fingerprint density at radius 2 is 2.15 bits per heavy atom. The lowest BCUT2D eigenvalue weighted by Crippen LogP contribution is -2.04. The summed E-state index contributed by atoms with van der Waals surface area (Å²) in [5.41, 5.74) is 0.246. The summed E-state index contributed by atoms with van der Waals surface area (Å²) in [5.74, 6) is 0.107. The van der Waals surface area contributed by atoms with Crippen LogP contribution < -0.4 is 4.74 Å². The van der Waals surface area contributed by atoms with Crippen LogP contribution in [0.15, 0.2) is 16.7 Å². The molecule has 70 valence electrons. The van der Waals surface area contributed by atoms with Crippen molar-refractivity contribution in [3.8, 4) is 5.75 Å². The molecule has 0 aromatic carbocycles. The highest BCUT2D eigenvalue weighted by Gasteiger charge is 2.09. The van der Waals surface area contributed by atoms with Crippen molar-refractivity contribution in [2.75, 3.05) is 14.2 Å². The van der Waals surface area contributed by atoms with Gasteiger partial charge in [0.1, 0.15) is 10.3 Å². The monoisotopic (exact) mass is 245 g/mol. The Bertz CT molecular complexity index is 327. The van der Waals surface area contributed by atoms with Crippen LogP contribution in [-0.2, 0) is 4.74 Å². The van der Waals surface area contributed by atoms with Gasteiger partial charge in [-0.3, -0.25) is 0 Å². The first-order chi connectivity index (χ1) is 6.19. The topological polar surface area (TPSA) is 48.4 Å². The standard InChI is InChI=1S/C8H8BrNO3/c1-12-6-4-3-5(8(11)13-2)10-7(6)9/h3-4H,1-2H3. The number of methoxy groups -OCH3 is 2. The molecule has 0 amide bonds. The van der Waals surface area contributed by atoms with Crippen LogP contribution in [0.4, 0.5) is 0 Å². The molecule has 4 nitrogen and oxygen atoms in total. The third kappa shape index (κ3) is 2.18. The molecule has 0 aliphatic rings. The summed E-state index contributed by atoms with van der Waals surface area (Å²) in [6, 6.07) is 3.18. The van der Waals surface area contributed by atoms with E-state index in [-0.39, 0.29) is 5.69 Å². The highest BCUT2D eigenvalue weighted by atomic mass is 79.9. The normalized spacial score (nSPS) is 9.46. The number of carbonyl (C=O) groups is 1. The molecule has 0 N–H and O–H groups in total. The molecule has 0 atom stereocenters. The Labute approximate surface area is 84.0 Å². The first-order valence-electron chi connectivity index (χ1n) is 3.48. The van der Waals surface area contributed by atoms with Gasteiger partial charge in [0, 0.05) is 0 Å². The second-order valence-corrected chi connectivity index (χ2v) is 2.93. The zero-order valence-corrected chi connectivity index (χ0v) is 8.79. The average Bonchev–Trinajstić information content (AvgIpc) is 2.16. The van der Waals surface area contributed by atoms with E-state index in [0.717, 1.165) is 0 Å². The number of ether oxygens (including phenoxy) is 2. The summed E-state index contributed by atoms with van der Waals surface area (Å²) < 4.78 is 9.94. The average molecular weight is 246 g/mol. The highest BCUT2D eigenvalue weighted by molar-refractivity contribution is 9.10. The van der Waals surface area contributed by atoms with Crippen LogP contribution in [0.5, 0.6) is 5.75 Å². The fraction of sp³-hybridized carbons (Fsp3) is 0.250. The van der Waals surface area contributed by atoms with Gasteiger partial charge in [0.25, 0.3) is 0 Å². The molecule has 5 heteroatoms. The number of nitrogens with zero attached hydrogens (tertiary/aromatic N) is 1. The zero-order valence-electron chi connectivity index (χ0n) is 7.20. The van der Waals surface area contributed by atoms with Crippen molar-refractivity contribution in [1.82, 2.24) is 4.98 Å². The Balaban J connectivity index is 3.02. The molecule has 1 rings (SSSR count). The van der Waals surface area contributed by atoms with Crippen molar-refractivity contribution in [1.29, 1.82) is 0 Å². The van der Waals surface area contributed by atoms with Gasteiger partial charge >= 0.3 is 5.97 Å². The fourth-order valence-corrected chi connectivity index (χ4v) is 1.28. The van der Waals surface area contributed by atoms with Gasteiger partial charge in [-0.05, 0) is 28.1 Å². The molecule has 13 heavy (non-hydrogen) atoms.